The zero-order valence-electron chi connectivity index (χ0n) is 11.7. The van der Waals surface area contributed by atoms with Crippen LogP contribution in [0.15, 0.2) is 5.16 Å². The fourth-order valence-electron chi connectivity index (χ4n) is 3.74. The molecule has 0 spiro atoms. The number of hydrogen-bond donors (Lipinski definition) is 2. The summed E-state index contributed by atoms with van der Waals surface area (Å²) in [5, 5.41) is 36.0. The highest BCUT2D eigenvalue weighted by Gasteiger charge is 2.62. The number of hydroxylamine groups is 1. The fraction of sp³-hybridized carbons (Fsp3) is 0.846. The van der Waals surface area contributed by atoms with Crippen LogP contribution in [-0.2, 0) is 4.74 Å². The van der Waals surface area contributed by atoms with E-state index in [1.165, 1.54) is 0 Å². The fourth-order valence-corrected chi connectivity index (χ4v) is 3.74. The predicted molar refractivity (Wildman–Crippen MR) is 72.1 cm³/mol. The number of fused-ring (bicyclic) bond motifs is 1. The highest BCUT2D eigenvalue weighted by atomic mass is 16.5. The highest BCUT2D eigenvalue weighted by Crippen LogP contribution is 2.40. The van der Waals surface area contributed by atoms with Crippen LogP contribution < -0.4 is 0 Å². The Morgan fingerprint density at radius 1 is 1.35 bits per heavy atom. The van der Waals surface area contributed by atoms with E-state index in [1.807, 2.05) is 6.92 Å². The first-order valence-corrected chi connectivity index (χ1v) is 7.12. The van der Waals surface area contributed by atoms with Crippen molar-refractivity contribution in [3.63, 3.8) is 0 Å². The number of oxime groups is 1. The van der Waals surface area contributed by atoms with Gasteiger partial charge in [-0.2, -0.15) is 4.74 Å². The van der Waals surface area contributed by atoms with Gasteiger partial charge in [0.25, 0.3) is 0 Å². The number of morpholine rings is 1. The summed E-state index contributed by atoms with van der Waals surface area (Å²) in [6.07, 6.45) is 2.07. The summed E-state index contributed by atoms with van der Waals surface area (Å²) in [6.45, 7) is 4.38. The van der Waals surface area contributed by atoms with Crippen molar-refractivity contribution in [2.45, 2.75) is 43.9 Å². The highest BCUT2D eigenvalue weighted by molar-refractivity contribution is 6.15. The quantitative estimate of drug-likeness (QED) is 0.309. The molecular weight excluding hydrogens is 262 g/mol. The summed E-state index contributed by atoms with van der Waals surface area (Å²) >= 11 is 0. The van der Waals surface area contributed by atoms with E-state index in [1.54, 1.807) is 0 Å². The number of ether oxygens (including phenoxy) is 1. The molecule has 7 nitrogen and oxygen atoms in total. The van der Waals surface area contributed by atoms with Gasteiger partial charge < -0.3 is 20.3 Å². The van der Waals surface area contributed by atoms with Gasteiger partial charge in [-0.05, 0) is 12.8 Å². The summed E-state index contributed by atoms with van der Waals surface area (Å²) in [6, 6.07) is 0. The van der Waals surface area contributed by atoms with Gasteiger partial charge in [0.2, 0.25) is 11.4 Å². The third-order valence-corrected chi connectivity index (χ3v) is 4.87. The van der Waals surface area contributed by atoms with Crippen LogP contribution in [-0.4, -0.2) is 68.9 Å². The van der Waals surface area contributed by atoms with Crippen molar-refractivity contribution in [2.75, 3.05) is 26.3 Å². The average molecular weight is 283 g/mol. The van der Waals surface area contributed by atoms with Crippen LogP contribution in [0.4, 0.5) is 0 Å². The molecule has 2 fully saturated rings. The first-order chi connectivity index (χ1) is 9.52. The molecule has 3 rings (SSSR count). The molecule has 112 valence electrons. The molecule has 0 radical (unpaired) electrons. The Morgan fingerprint density at radius 3 is 2.70 bits per heavy atom. The van der Waals surface area contributed by atoms with Crippen LogP contribution in [0, 0.1) is 5.21 Å². The van der Waals surface area contributed by atoms with Crippen molar-refractivity contribution in [2.24, 2.45) is 5.16 Å². The van der Waals surface area contributed by atoms with Gasteiger partial charge in [-0.15, -0.1) is 0 Å². The third-order valence-electron chi connectivity index (χ3n) is 4.87. The van der Waals surface area contributed by atoms with Gasteiger partial charge in [-0.1, -0.05) is 5.16 Å². The molecule has 0 aromatic heterocycles. The molecule has 3 aliphatic rings. The van der Waals surface area contributed by atoms with Gasteiger partial charge in [0.05, 0.1) is 25.3 Å². The second-order valence-electron chi connectivity index (χ2n) is 5.99. The van der Waals surface area contributed by atoms with E-state index in [0.29, 0.717) is 50.6 Å². The lowest BCUT2D eigenvalue weighted by Gasteiger charge is -2.38. The van der Waals surface area contributed by atoms with Gasteiger partial charge in [0, 0.05) is 26.4 Å². The lowest BCUT2D eigenvalue weighted by atomic mass is 9.78. The Bertz CT molecular complexity index is 472. The molecule has 1 aliphatic carbocycles. The maximum atomic E-state index is 12.7. The Labute approximate surface area is 117 Å². The standard InChI is InChI=1S/C13H21N3O4/c1-12(15-5-7-20-8-6-15)9-13(17)10(14-18)3-2-4-11(13)16(12)19/h17-18H,2-9H2,1H3/b14-10+. The molecule has 0 bridgehead atoms. The summed E-state index contributed by atoms with van der Waals surface area (Å²) in [5.41, 5.74) is -1.43. The van der Waals surface area contributed by atoms with E-state index in [9.17, 15) is 10.3 Å². The van der Waals surface area contributed by atoms with E-state index in [2.05, 4.69) is 10.1 Å². The second-order valence-corrected chi connectivity index (χ2v) is 5.99. The zero-order valence-corrected chi connectivity index (χ0v) is 11.7. The van der Waals surface area contributed by atoms with Crippen LogP contribution in [0.1, 0.15) is 32.6 Å². The largest absolute Gasteiger partial charge is 0.622 e. The van der Waals surface area contributed by atoms with Crippen molar-refractivity contribution in [3.05, 3.63) is 5.21 Å². The second kappa shape index (κ2) is 4.68. The van der Waals surface area contributed by atoms with E-state index in [0.717, 1.165) is 11.2 Å². The smallest absolute Gasteiger partial charge is 0.230 e. The topological polar surface area (TPSA) is 91.4 Å². The van der Waals surface area contributed by atoms with Crippen LogP contribution >= 0.6 is 0 Å². The van der Waals surface area contributed by atoms with Crippen molar-refractivity contribution < 1.29 is 19.8 Å². The molecule has 2 N–H and O–H groups in total. The first kappa shape index (κ1) is 13.8. The molecular formula is C13H21N3O4. The minimum Gasteiger partial charge on any atom is -0.622 e. The SMILES string of the molecule is CC1(N2CCOCC2)CC2(O)C(=[N+]1[O-])CCC/C2=N\O. The third kappa shape index (κ3) is 1.77. The van der Waals surface area contributed by atoms with Gasteiger partial charge in [-0.25, -0.2) is 4.90 Å². The van der Waals surface area contributed by atoms with Gasteiger partial charge >= 0.3 is 0 Å². The first-order valence-electron chi connectivity index (χ1n) is 7.12. The zero-order chi connectivity index (χ0) is 14.4. The molecule has 2 aliphatic heterocycles. The summed E-state index contributed by atoms with van der Waals surface area (Å²) in [7, 11) is 0. The van der Waals surface area contributed by atoms with Crippen molar-refractivity contribution >= 4 is 11.4 Å². The summed E-state index contributed by atoms with van der Waals surface area (Å²) in [5.74, 6) is 0. The Hall–Kier alpha value is -1.18. The molecule has 0 aromatic rings. The van der Waals surface area contributed by atoms with Crippen LogP contribution in [0.2, 0.25) is 0 Å². The summed E-state index contributed by atoms with van der Waals surface area (Å²) in [4.78, 5) is 2.06. The molecule has 0 amide bonds. The molecule has 2 atom stereocenters. The molecule has 2 unspecified atom stereocenters. The lowest BCUT2D eigenvalue weighted by molar-refractivity contribution is -0.572. The number of nitrogens with zero attached hydrogens (tertiary/aromatic N) is 3. The maximum absolute atomic E-state index is 12.7. The Kier molecular flexibility index (Phi) is 3.23. The van der Waals surface area contributed by atoms with Crippen molar-refractivity contribution in [1.82, 2.24) is 4.90 Å². The van der Waals surface area contributed by atoms with Gasteiger partial charge in [0.1, 0.15) is 0 Å². The normalized spacial score (nSPS) is 41.2. The molecule has 7 heteroatoms. The monoisotopic (exact) mass is 283 g/mol. The maximum Gasteiger partial charge on any atom is 0.230 e. The van der Waals surface area contributed by atoms with Gasteiger partial charge in [-0.3, -0.25) is 0 Å². The molecule has 1 saturated heterocycles. The van der Waals surface area contributed by atoms with Crippen LogP contribution in [0.5, 0.6) is 0 Å². The van der Waals surface area contributed by atoms with E-state index < -0.39 is 11.3 Å². The van der Waals surface area contributed by atoms with Crippen LogP contribution in [0.25, 0.3) is 0 Å². The van der Waals surface area contributed by atoms with E-state index in [4.69, 9.17) is 9.94 Å². The molecule has 20 heavy (non-hydrogen) atoms. The van der Waals surface area contributed by atoms with Gasteiger partial charge in [0.15, 0.2) is 5.60 Å². The van der Waals surface area contributed by atoms with E-state index in [-0.39, 0.29) is 6.42 Å². The Morgan fingerprint density at radius 2 is 2.05 bits per heavy atom. The predicted octanol–water partition coefficient (Wildman–Crippen LogP) is 0.135. The molecule has 1 saturated carbocycles. The van der Waals surface area contributed by atoms with E-state index >= 15 is 0 Å². The Balaban J connectivity index is 1.98. The number of hydrogen-bond acceptors (Lipinski definition) is 6. The lowest BCUT2D eigenvalue weighted by Crippen LogP contribution is -2.56. The minimum atomic E-state index is -1.39. The number of rotatable bonds is 1. The van der Waals surface area contributed by atoms with Crippen molar-refractivity contribution in [1.29, 1.82) is 0 Å². The number of aliphatic hydroxyl groups is 1. The van der Waals surface area contributed by atoms with Crippen molar-refractivity contribution in [3.8, 4) is 0 Å². The minimum absolute atomic E-state index is 0.248. The average Bonchev–Trinajstić information content (AvgIpc) is 2.68. The molecule has 2 heterocycles. The molecule has 0 aromatic carbocycles. The summed E-state index contributed by atoms with van der Waals surface area (Å²) < 4.78 is 6.28. The van der Waals surface area contributed by atoms with Crippen LogP contribution in [0.3, 0.4) is 0 Å².